The summed E-state index contributed by atoms with van der Waals surface area (Å²) in [4.78, 5) is 24.3. The molecule has 0 bridgehead atoms. The fourth-order valence-corrected chi connectivity index (χ4v) is 4.82. The molecule has 3 heterocycles. The van der Waals surface area contributed by atoms with Crippen molar-refractivity contribution in [2.45, 2.75) is 18.9 Å². The summed E-state index contributed by atoms with van der Waals surface area (Å²) in [6.07, 6.45) is 7.01. The highest BCUT2D eigenvalue weighted by molar-refractivity contribution is 7.88. The molecule has 2 saturated heterocycles. The van der Waals surface area contributed by atoms with Crippen molar-refractivity contribution in [2.75, 3.05) is 58.7 Å². The van der Waals surface area contributed by atoms with E-state index in [4.69, 9.17) is 4.74 Å². The number of likely N-dealkylation sites (tertiary alicyclic amines) is 1. The summed E-state index contributed by atoms with van der Waals surface area (Å²) in [6.45, 7) is 5.51. The third kappa shape index (κ3) is 5.44. The van der Waals surface area contributed by atoms with Crippen LogP contribution in [0.2, 0.25) is 0 Å². The Labute approximate surface area is 160 Å². The van der Waals surface area contributed by atoms with Gasteiger partial charge in [0.05, 0.1) is 25.0 Å². The van der Waals surface area contributed by atoms with Gasteiger partial charge in [0.2, 0.25) is 10.0 Å². The monoisotopic (exact) mass is 397 g/mol. The van der Waals surface area contributed by atoms with Crippen LogP contribution in [0.1, 0.15) is 23.2 Å². The van der Waals surface area contributed by atoms with E-state index in [1.807, 2.05) is 0 Å². The number of rotatable bonds is 7. The number of aromatic nitrogens is 2. The topological polar surface area (TPSA) is 95.9 Å². The summed E-state index contributed by atoms with van der Waals surface area (Å²) >= 11 is 0. The minimum Gasteiger partial charge on any atom is -0.379 e. The predicted molar refractivity (Wildman–Crippen MR) is 99.8 cm³/mol. The number of carbonyl (C=O) groups is 1. The zero-order valence-electron chi connectivity index (χ0n) is 15.7. The van der Waals surface area contributed by atoms with Crippen LogP contribution in [0.5, 0.6) is 0 Å². The van der Waals surface area contributed by atoms with Crippen molar-refractivity contribution < 1.29 is 17.9 Å². The van der Waals surface area contributed by atoms with Crippen LogP contribution in [0.3, 0.4) is 0 Å². The lowest BCUT2D eigenvalue weighted by Crippen LogP contribution is -2.44. The van der Waals surface area contributed by atoms with Crippen molar-refractivity contribution in [2.24, 2.45) is 0 Å². The number of sulfonamides is 1. The summed E-state index contributed by atoms with van der Waals surface area (Å²) in [5, 5.41) is 0. The predicted octanol–water partition coefficient (Wildman–Crippen LogP) is -0.325. The van der Waals surface area contributed by atoms with Crippen LogP contribution in [-0.4, -0.2) is 103 Å². The van der Waals surface area contributed by atoms with Gasteiger partial charge in [-0.05, 0) is 19.4 Å². The van der Waals surface area contributed by atoms with Gasteiger partial charge in [-0.2, -0.15) is 4.31 Å². The van der Waals surface area contributed by atoms with E-state index in [-0.39, 0.29) is 11.9 Å². The molecule has 3 rings (SSSR count). The van der Waals surface area contributed by atoms with Gasteiger partial charge in [-0.1, -0.05) is 0 Å². The largest absolute Gasteiger partial charge is 0.379 e. The quantitative estimate of drug-likeness (QED) is 0.622. The highest BCUT2D eigenvalue weighted by atomic mass is 32.2. The fourth-order valence-electron chi connectivity index (χ4n) is 3.65. The van der Waals surface area contributed by atoms with Crippen molar-refractivity contribution in [3.63, 3.8) is 0 Å². The number of morpholine rings is 1. The van der Waals surface area contributed by atoms with Gasteiger partial charge in [0.1, 0.15) is 6.33 Å². The minimum atomic E-state index is -3.34. The third-order valence-corrected chi connectivity index (χ3v) is 6.38. The van der Waals surface area contributed by atoms with E-state index in [0.29, 0.717) is 31.6 Å². The fraction of sp³-hybridized carbons (Fsp3) is 0.706. The number of hydrogen-bond donors (Lipinski definition) is 0. The molecule has 0 spiro atoms. The molecule has 2 aliphatic rings. The van der Waals surface area contributed by atoms with Crippen molar-refractivity contribution in [1.29, 1.82) is 0 Å². The van der Waals surface area contributed by atoms with E-state index in [1.165, 1.54) is 25.0 Å². The Balaban J connectivity index is 1.56. The van der Waals surface area contributed by atoms with Gasteiger partial charge in [-0.3, -0.25) is 9.69 Å². The molecule has 0 aliphatic carbocycles. The first kappa shape index (κ1) is 20.1. The maximum absolute atomic E-state index is 12.5. The van der Waals surface area contributed by atoms with E-state index < -0.39 is 10.0 Å². The summed E-state index contributed by atoms with van der Waals surface area (Å²) in [7, 11) is -3.34. The normalized spacial score (nSPS) is 21.7. The van der Waals surface area contributed by atoms with Gasteiger partial charge in [0.15, 0.2) is 0 Å². The first-order chi connectivity index (χ1) is 12.9. The molecule has 1 atom stereocenters. The Morgan fingerprint density at radius 3 is 2.63 bits per heavy atom. The van der Waals surface area contributed by atoms with Crippen LogP contribution in [0.15, 0.2) is 18.7 Å². The maximum Gasteiger partial charge on any atom is 0.257 e. The summed E-state index contributed by atoms with van der Waals surface area (Å²) in [5.74, 6) is -0.153. The molecule has 0 radical (unpaired) electrons. The second kappa shape index (κ2) is 9.05. The van der Waals surface area contributed by atoms with Crippen molar-refractivity contribution in [3.05, 3.63) is 24.3 Å². The Hall–Kier alpha value is -1.62. The Bertz CT molecular complexity index is 724. The molecular weight excluding hydrogens is 370 g/mol. The Morgan fingerprint density at radius 1 is 1.26 bits per heavy atom. The molecule has 150 valence electrons. The van der Waals surface area contributed by atoms with Crippen LogP contribution in [0.25, 0.3) is 0 Å². The van der Waals surface area contributed by atoms with E-state index in [0.717, 1.165) is 39.3 Å². The zero-order chi connectivity index (χ0) is 19.3. The van der Waals surface area contributed by atoms with Gasteiger partial charge < -0.3 is 9.64 Å². The van der Waals surface area contributed by atoms with Crippen LogP contribution >= 0.6 is 0 Å². The molecule has 1 aromatic rings. The van der Waals surface area contributed by atoms with Gasteiger partial charge in [-0.25, -0.2) is 18.4 Å². The first-order valence-corrected chi connectivity index (χ1v) is 11.1. The van der Waals surface area contributed by atoms with Crippen molar-refractivity contribution in [1.82, 2.24) is 24.1 Å². The zero-order valence-corrected chi connectivity index (χ0v) is 16.5. The molecule has 2 fully saturated rings. The van der Waals surface area contributed by atoms with Crippen LogP contribution in [-0.2, 0) is 14.8 Å². The lowest BCUT2D eigenvalue weighted by Gasteiger charge is -2.30. The van der Waals surface area contributed by atoms with E-state index >= 15 is 0 Å². The smallest absolute Gasteiger partial charge is 0.257 e. The molecule has 9 nitrogen and oxygen atoms in total. The number of ether oxygens (including phenoxy) is 1. The molecule has 1 amide bonds. The molecule has 10 heteroatoms. The van der Waals surface area contributed by atoms with Crippen LogP contribution < -0.4 is 0 Å². The summed E-state index contributed by atoms with van der Waals surface area (Å²) in [5.41, 5.74) is 0.427. The average Bonchev–Trinajstić information content (AvgIpc) is 3.14. The Morgan fingerprint density at radius 2 is 1.96 bits per heavy atom. The summed E-state index contributed by atoms with van der Waals surface area (Å²) in [6, 6.07) is -0.182. The SMILES string of the molecule is CS(=O)(=O)N(CCCN1CCOCC1)C1CCN(C(=O)c2cncnc2)C1. The molecule has 2 aliphatic heterocycles. The molecular formula is C17H27N5O4S. The van der Waals surface area contributed by atoms with E-state index in [2.05, 4.69) is 14.9 Å². The third-order valence-electron chi connectivity index (χ3n) is 5.05. The Kier molecular flexibility index (Phi) is 6.74. The van der Waals surface area contributed by atoms with Gasteiger partial charge in [-0.15, -0.1) is 0 Å². The van der Waals surface area contributed by atoms with Crippen molar-refractivity contribution in [3.8, 4) is 0 Å². The number of carbonyl (C=O) groups excluding carboxylic acids is 1. The first-order valence-electron chi connectivity index (χ1n) is 9.26. The highest BCUT2D eigenvalue weighted by Crippen LogP contribution is 2.20. The van der Waals surface area contributed by atoms with E-state index in [1.54, 1.807) is 9.21 Å². The van der Waals surface area contributed by atoms with Crippen molar-refractivity contribution >= 4 is 15.9 Å². The van der Waals surface area contributed by atoms with Crippen LogP contribution in [0.4, 0.5) is 0 Å². The molecule has 0 N–H and O–H groups in total. The standard InChI is InChI=1S/C17H27N5O4S/c1-27(24,25)22(5-2-4-20-7-9-26-10-8-20)16-3-6-21(13-16)17(23)15-11-18-14-19-12-15/h11-12,14,16H,2-10,13H2,1H3. The molecule has 27 heavy (non-hydrogen) atoms. The number of amides is 1. The molecule has 1 unspecified atom stereocenters. The van der Waals surface area contributed by atoms with E-state index in [9.17, 15) is 13.2 Å². The molecule has 0 aromatic carbocycles. The number of hydrogen-bond acceptors (Lipinski definition) is 7. The molecule has 1 aromatic heterocycles. The van der Waals surface area contributed by atoms with Gasteiger partial charge in [0, 0.05) is 51.2 Å². The highest BCUT2D eigenvalue weighted by Gasteiger charge is 2.34. The second-order valence-electron chi connectivity index (χ2n) is 7.00. The number of nitrogens with zero attached hydrogens (tertiary/aromatic N) is 5. The maximum atomic E-state index is 12.5. The van der Waals surface area contributed by atoms with Crippen LogP contribution in [0, 0.1) is 0 Å². The summed E-state index contributed by atoms with van der Waals surface area (Å²) < 4.78 is 31.5. The second-order valence-corrected chi connectivity index (χ2v) is 8.94. The van der Waals surface area contributed by atoms with Gasteiger partial charge in [0.25, 0.3) is 5.91 Å². The van der Waals surface area contributed by atoms with Gasteiger partial charge >= 0.3 is 0 Å². The average molecular weight is 398 g/mol. The molecule has 0 saturated carbocycles. The minimum absolute atomic E-state index is 0.153. The lowest BCUT2D eigenvalue weighted by atomic mass is 10.2. The lowest BCUT2D eigenvalue weighted by molar-refractivity contribution is 0.0366.